The predicted octanol–water partition coefficient (Wildman–Crippen LogP) is 0.157. The molecule has 0 bridgehead atoms. The zero-order valence-corrected chi connectivity index (χ0v) is 13.0. The summed E-state index contributed by atoms with van der Waals surface area (Å²) in [6, 6.07) is 4.72. The van der Waals surface area contributed by atoms with Gasteiger partial charge in [0, 0.05) is 5.56 Å². The number of hydrogen-bond acceptors (Lipinski definition) is 2. The van der Waals surface area contributed by atoms with E-state index in [4.69, 9.17) is 9.84 Å². The Morgan fingerprint density at radius 2 is 2.10 bits per heavy atom. The second kappa shape index (κ2) is 6.20. The van der Waals surface area contributed by atoms with Crippen LogP contribution in [-0.4, -0.2) is 23.4 Å². The molecule has 1 aromatic rings. The van der Waals surface area contributed by atoms with Crippen molar-refractivity contribution in [1.82, 2.24) is 0 Å². The number of rotatable bonds is 2. The molecule has 1 N–H and O–H groups in total. The van der Waals surface area contributed by atoms with Gasteiger partial charge in [-0.25, -0.2) is 4.79 Å². The molecule has 1 aliphatic heterocycles. The first-order valence-electron chi connectivity index (χ1n) is 5.64. The van der Waals surface area contributed by atoms with Crippen LogP contribution in [0.3, 0.4) is 0 Å². The van der Waals surface area contributed by atoms with Gasteiger partial charge in [0.05, 0.1) is 5.57 Å². The molecule has 7 heteroatoms. The van der Waals surface area contributed by atoms with Crippen molar-refractivity contribution in [1.29, 1.82) is 0 Å². The number of carboxylic acid groups (broad SMARTS) is 1. The van der Waals surface area contributed by atoms with Crippen LogP contribution < -0.4 is 34.3 Å². The fourth-order valence-electron chi connectivity index (χ4n) is 1.89. The molecular weight excluding hydrogens is 284 g/mol. The van der Waals surface area contributed by atoms with Crippen LogP contribution in [0.15, 0.2) is 23.8 Å². The smallest absolute Gasteiger partial charge is 1.00 e. The third-order valence-electron chi connectivity index (χ3n) is 2.86. The second-order valence-electron chi connectivity index (χ2n) is 4.17. The maximum atomic E-state index is 12.8. The summed E-state index contributed by atoms with van der Waals surface area (Å²) in [5, 5.41) is 8.88. The summed E-state index contributed by atoms with van der Waals surface area (Å²) < 4.78 is 43.1. The van der Waals surface area contributed by atoms with Crippen molar-refractivity contribution >= 4 is 12.0 Å². The monoisotopic (exact) mass is 296 g/mol. The fourth-order valence-corrected chi connectivity index (χ4v) is 1.89. The van der Waals surface area contributed by atoms with E-state index in [-0.39, 0.29) is 36.7 Å². The minimum absolute atomic E-state index is 0. The van der Waals surface area contributed by atoms with Crippen LogP contribution in [0.4, 0.5) is 13.2 Å². The van der Waals surface area contributed by atoms with Crippen LogP contribution in [0.25, 0.3) is 6.08 Å². The van der Waals surface area contributed by atoms with Crippen LogP contribution in [0.1, 0.15) is 19.5 Å². The molecule has 0 unspecified atom stereocenters. The summed E-state index contributed by atoms with van der Waals surface area (Å²) in [6.45, 7) is 1.89. The third kappa shape index (κ3) is 3.37. The number of alkyl halides is 3. The number of aliphatic carboxylic acids is 1. The summed E-state index contributed by atoms with van der Waals surface area (Å²) in [7, 11) is 0. The van der Waals surface area contributed by atoms with E-state index < -0.39 is 23.8 Å². The number of benzene rings is 1. The third-order valence-corrected chi connectivity index (χ3v) is 2.86. The van der Waals surface area contributed by atoms with Gasteiger partial charge >= 0.3 is 41.7 Å². The molecule has 1 aliphatic rings. The Morgan fingerprint density at radius 1 is 1.45 bits per heavy atom. The zero-order chi connectivity index (χ0) is 14.2. The van der Waals surface area contributed by atoms with E-state index >= 15 is 0 Å². The van der Waals surface area contributed by atoms with Gasteiger partial charge in [0.2, 0.25) is 6.10 Å². The number of carboxylic acids is 1. The van der Waals surface area contributed by atoms with Gasteiger partial charge in [0.25, 0.3) is 0 Å². The van der Waals surface area contributed by atoms with Crippen LogP contribution in [0, 0.1) is 0 Å². The Kier molecular flexibility index (Phi) is 5.29. The van der Waals surface area contributed by atoms with Crippen molar-refractivity contribution in [3.63, 3.8) is 0 Å². The Labute approximate surface area is 137 Å². The summed E-state index contributed by atoms with van der Waals surface area (Å²) in [6.07, 6.45) is -5.46. The molecule has 2 rings (SSSR count). The Balaban J connectivity index is 0.00000200. The molecule has 3 nitrogen and oxygen atoms in total. The van der Waals surface area contributed by atoms with Gasteiger partial charge < -0.3 is 11.3 Å². The van der Waals surface area contributed by atoms with Gasteiger partial charge in [0.15, 0.2) is 0 Å². The predicted molar refractivity (Wildman–Crippen MR) is 63.0 cm³/mol. The van der Waals surface area contributed by atoms with Gasteiger partial charge in [-0.2, -0.15) is 13.2 Å². The zero-order valence-electron chi connectivity index (χ0n) is 12.0. The maximum Gasteiger partial charge on any atom is 1.00 e. The molecule has 0 spiro atoms. The molecule has 0 saturated heterocycles. The minimum atomic E-state index is -4.76. The van der Waals surface area contributed by atoms with Crippen LogP contribution in [-0.2, 0) is 11.2 Å². The number of hydrogen-bond donors (Lipinski definition) is 1. The summed E-state index contributed by atoms with van der Waals surface area (Å²) in [5.74, 6) is -1.58. The molecule has 0 saturated carbocycles. The molecule has 0 aromatic heterocycles. The molecule has 1 atom stereocenters. The summed E-state index contributed by atoms with van der Waals surface area (Å²) >= 11 is 0. The van der Waals surface area contributed by atoms with Gasteiger partial charge in [0.1, 0.15) is 5.75 Å². The Bertz CT molecular complexity index is 558. The van der Waals surface area contributed by atoms with Crippen molar-refractivity contribution in [3.05, 3.63) is 34.9 Å². The van der Waals surface area contributed by atoms with E-state index in [1.807, 2.05) is 6.92 Å². The normalized spacial score (nSPS) is 17.4. The van der Waals surface area contributed by atoms with Gasteiger partial charge in [-0.3, -0.25) is 0 Å². The molecule has 1 heterocycles. The largest absolute Gasteiger partial charge is 1.00 e. The van der Waals surface area contributed by atoms with Crippen molar-refractivity contribution < 1.29 is 58.8 Å². The van der Waals surface area contributed by atoms with E-state index in [1.54, 1.807) is 12.1 Å². The average molecular weight is 296 g/mol. The first kappa shape index (κ1) is 17.1. The van der Waals surface area contributed by atoms with E-state index in [1.165, 1.54) is 6.07 Å². The average Bonchev–Trinajstić information content (AvgIpc) is 2.35. The fraction of sp³-hybridized carbons (Fsp3) is 0.308. The first-order valence-corrected chi connectivity index (χ1v) is 5.64. The van der Waals surface area contributed by atoms with Crippen molar-refractivity contribution in [2.24, 2.45) is 0 Å². The number of ether oxygens (including phenoxy) is 1. The molecule has 104 valence electrons. The quantitative estimate of drug-likeness (QED) is 0.791. The summed E-state index contributed by atoms with van der Waals surface area (Å²) in [5.41, 5.74) is 0.458. The van der Waals surface area contributed by atoms with E-state index in [0.29, 0.717) is 12.0 Å². The van der Waals surface area contributed by atoms with Crippen molar-refractivity contribution in [2.75, 3.05) is 0 Å². The van der Waals surface area contributed by atoms with Crippen LogP contribution in [0.2, 0.25) is 0 Å². The SMILES string of the molecule is CCc1ccc2c(c1)C=C(C(=O)O)[C@@H](C(F)(F)F)O2.[H-].[Na+]. The van der Waals surface area contributed by atoms with Gasteiger partial charge in [-0.05, 0) is 30.2 Å². The molecule has 20 heavy (non-hydrogen) atoms. The Hall–Kier alpha value is -0.980. The Morgan fingerprint density at radius 3 is 2.60 bits per heavy atom. The molecule has 0 amide bonds. The van der Waals surface area contributed by atoms with E-state index in [2.05, 4.69) is 0 Å². The number of aryl methyl sites for hydroxylation is 1. The molecule has 0 radical (unpaired) electrons. The van der Waals surface area contributed by atoms with Crippen molar-refractivity contribution in [2.45, 2.75) is 25.6 Å². The molecule has 0 fully saturated rings. The number of halogens is 3. The molecule has 0 aliphatic carbocycles. The van der Waals surface area contributed by atoms with Crippen molar-refractivity contribution in [3.8, 4) is 5.75 Å². The standard InChI is InChI=1S/C13H11F3O3.Na.H/c1-2-7-3-4-10-8(5-7)6-9(12(17)18)11(19-10)13(14,15)16;;/h3-6,11H,2H2,1H3,(H,17,18);;/q;+1;-1/t11-;;/m0../s1. The van der Waals surface area contributed by atoms with Gasteiger partial charge in [-0.1, -0.05) is 13.0 Å². The molecule has 1 aromatic carbocycles. The van der Waals surface area contributed by atoms with E-state index in [0.717, 1.165) is 11.6 Å². The number of carbonyl (C=O) groups is 1. The maximum absolute atomic E-state index is 12.8. The molecular formula is C13H12F3NaO3. The van der Waals surface area contributed by atoms with E-state index in [9.17, 15) is 18.0 Å². The number of fused-ring (bicyclic) bond motifs is 1. The van der Waals surface area contributed by atoms with Gasteiger partial charge in [-0.15, -0.1) is 0 Å². The minimum Gasteiger partial charge on any atom is -1.00 e. The summed E-state index contributed by atoms with van der Waals surface area (Å²) in [4.78, 5) is 10.9. The second-order valence-corrected chi connectivity index (χ2v) is 4.17. The first-order chi connectivity index (χ1) is 8.82. The topological polar surface area (TPSA) is 46.5 Å². The van der Waals surface area contributed by atoms with Crippen LogP contribution >= 0.6 is 0 Å². The van der Waals surface area contributed by atoms with Crippen LogP contribution in [0.5, 0.6) is 5.75 Å².